The van der Waals surface area contributed by atoms with Crippen molar-refractivity contribution in [1.29, 1.82) is 0 Å². The van der Waals surface area contributed by atoms with Gasteiger partial charge in [-0.15, -0.1) is 0 Å². The van der Waals surface area contributed by atoms with Crippen LogP contribution >= 0.6 is 0 Å². The lowest BCUT2D eigenvalue weighted by atomic mass is 9.46. The van der Waals surface area contributed by atoms with Crippen molar-refractivity contribution in [3.8, 4) is 0 Å². The molecule has 4 fully saturated rings. The summed E-state index contributed by atoms with van der Waals surface area (Å²) in [6.07, 6.45) is 8.43. The van der Waals surface area contributed by atoms with Crippen molar-refractivity contribution < 1.29 is 29.0 Å². The van der Waals surface area contributed by atoms with Gasteiger partial charge in [-0.25, -0.2) is 0 Å². The topological polar surface area (TPSA) is 93.2 Å². The fourth-order valence-electron chi connectivity index (χ4n) is 7.85. The zero-order valence-electron chi connectivity index (χ0n) is 18.1. The summed E-state index contributed by atoms with van der Waals surface area (Å²) in [6, 6.07) is 0. The third-order valence-electron chi connectivity index (χ3n) is 9.35. The molecule has 0 bridgehead atoms. The molecule has 0 radical (unpaired) electrons. The van der Waals surface area contributed by atoms with Gasteiger partial charge in [0.05, 0.1) is 6.10 Å². The largest absolute Gasteiger partial charge is 0.458 e. The molecule has 162 valence electrons. The lowest BCUT2D eigenvalue weighted by Gasteiger charge is -2.55. The number of Topliss-reactive ketones (excluding diaryl/α,β-unsaturated/α-hetero) is 1. The zero-order valence-corrected chi connectivity index (χ0v) is 18.1. The van der Waals surface area contributed by atoms with Crippen molar-refractivity contribution in [2.24, 2.45) is 28.6 Å². The van der Waals surface area contributed by atoms with Crippen molar-refractivity contribution in [3.63, 3.8) is 0 Å². The minimum atomic E-state index is -1.54. The Morgan fingerprint density at radius 1 is 1.30 bits per heavy atom. The summed E-state index contributed by atoms with van der Waals surface area (Å²) in [4.78, 5) is 36.3. The third kappa shape index (κ3) is 2.14. The van der Waals surface area contributed by atoms with Gasteiger partial charge in [0.25, 0.3) is 0 Å². The highest BCUT2D eigenvalue weighted by Gasteiger charge is 2.81. The Morgan fingerprint density at radius 2 is 2.03 bits per heavy atom. The van der Waals surface area contributed by atoms with Crippen LogP contribution < -0.4 is 0 Å². The maximum atomic E-state index is 13.1. The summed E-state index contributed by atoms with van der Waals surface area (Å²) in [5.74, 6) is -0.783. The molecule has 6 heteroatoms. The number of ether oxygens (including phenoxy) is 2. The van der Waals surface area contributed by atoms with Crippen molar-refractivity contribution in [1.82, 2.24) is 0 Å². The van der Waals surface area contributed by atoms with Crippen LogP contribution in [0.15, 0.2) is 23.8 Å². The number of aliphatic hydroxyl groups is 1. The van der Waals surface area contributed by atoms with E-state index in [1.165, 1.54) is 6.92 Å². The second-order valence-corrected chi connectivity index (χ2v) is 10.5. The highest BCUT2D eigenvalue weighted by atomic mass is 16.6. The van der Waals surface area contributed by atoms with Gasteiger partial charge in [-0.1, -0.05) is 25.5 Å². The van der Waals surface area contributed by atoms with E-state index in [1.54, 1.807) is 12.2 Å². The smallest absolute Gasteiger partial charge is 0.303 e. The quantitative estimate of drug-likeness (QED) is 0.564. The lowest BCUT2D eigenvalue weighted by molar-refractivity contribution is -0.170. The SMILES string of the molecule is CC(=O)OCC(=O)[C@@]1(O)[C@@H](C)C[C@H]2[C@@H]3CCC4=CC(=O)C=C[C@]4(C)C34OC4C[C@@]21C. The molecule has 6 nitrogen and oxygen atoms in total. The average molecular weight is 414 g/mol. The highest BCUT2D eigenvalue weighted by molar-refractivity contribution is 6.01. The normalized spacial score (nSPS) is 50.6. The van der Waals surface area contributed by atoms with E-state index in [9.17, 15) is 19.5 Å². The number of epoxide rings is 1. The summed E-state index contributed by atoms with van der Waals surface area (Å²) in [6.45, 7) is 7.00. The predicted molar refractivity (Wildman–Crippen MR) is 107 cm³/mol. The number of carbonyl (C=O) groups excluding carboxylic acids is 3. The number of fused-ring (bicyclic) bond motifs is 3. The standard InChI is InChI=1S/C24H30O6/c1-13-9-18-17-6-5-15-10-16(26)7-8-21(15,3)24(17)20(30-24)11-22(18,4)23(13,28)19(27)12-29-14(2)25/h7-8,10,13,17-18,20,28H,5-6,9,11-12H2,1-4H3/t13-,17-,18-,20?,21-,22-,23-,24?/m0/s1. The van der Waals surface area contributed by atoms with Crippen LogP contribution in [0.4, 0.5) is 0 Å². The number of rotatable bonds is 3. The lowest BCUT2D eigenvalue weighted by Crippen LogP contribution is -2.62. The van der Waals surface area contributed by atoms with Crippen LogP contribution in [-0.4, -0.2) is 46.6 Å². The van der Waals surface area contributed by atoms with E-state index in [4.69, 9.17) is 9.47 Å². The summed E-state index contributed by atoms with van der Waals surface area (Å²) in [5.41, 5.74) is -1.71. The first kappa shape index (κ1) is 20.1. The minimum absolute atomic E-state index is 0.0371. The molecule has 30 heavy (non-hydrogen) atoms. The number of hydrogen-bond donors (Lipinski definition) is 1. The Balaban J connectivity index is 1.52. The molecule has 0 aromatic rings. The van der Waals surface area contributed by atoms with Gasteiger partial charge >= 0.3 is 5.97 Å². The van der Waals surface area contributed by atoms with E-state index in [2.05, 4.69) is 6.92 Å². The molecule has 0 aromatic heterocycles. The van der Waals surface area contributed by atoms with Crippen molar-refractivity contribution in [3.05, 3.63) is 23.8 Å². The van der Waals surface area contributed by atoms with Gasteiger partial charge in [-0.05, 0) is 62.5 Å². The molecule has 3 saturated carbocycles. The van der Waals surface area contributed by atoms with E-state index in [-0.39, 0.29) is 40.7 Å². The Kier molecular flexibility index (Phi) is 3.97. The number of esters is 1. The van der Waals surface area contributed by atoms with Crippen LogP contribution in [0.2, 0.25) is 0 Å². The van der Waals surface area contributed by atoms with Gasteiger partial charge in [-0.3, -0.25) is 14.4 Å². The molecule has 4 aliphatic carbocycles. The molecule has 8 atom stereocenters. The first-order chi connectivity index (χ1) is 14.0. The van der Waals surface area contributed by atoms with E-state index in [0.717, 1.165) is 24.8 Å². The average Bonchev–Trinajstić information content (AvgIpc) is 3.36. The monoisotopic (exact) mass is 414 g/mol. The Morgan fingerprint density at radius 3 is 2.73 bits per heavy atom. The van der Waals surface area contributed by atoms with Gasteiger partial charge in [0.2, 0.25) is 5.78 Å². The molecule has 2 unspecified atom stereocenters. The number of hydrogen-bond acceptors (Lipinski definition) is 6. The molecule has 1 heterocycles. The molecule has 0 amide bonds. The first-order valence-corrected chi connectivity index (χ1v) is 11.0. The molecular formula is C24H30O6. The maximum absolute atomic E-state index is 13.1. The van der Waals surface area contributed by atoms with Gasteiger partial charge in [0, 0.05) is 17.8 Å². The first-order valence-electron chi connectivity index (χ1n) is 11.0. The van der Waals surface area contributed by atoms with Crippen LogP contribution in [0.1, 0.15) is 53.4 Å². The van der Waals surface area contributed by atoms with Crippen LogP contribution in [0.25, 0.3) is 0 Å². The van der Waals surface area contributed by atoms with E-state index in [0.29, 0.717) is 6.42 Å². The van der Waals surface area contributed by atoms with E-state index in [1.807, 2.05) is 19.9 Å². The Bertz CT molecular complexity index is 919. The zero-order chi connectivity index (χ0) is 21.7. The van der Waals surface area contributed by atoms with Crippen LogP contribution in [0.3, 0.4) is 0 Å². The Hall–Kier alpha value is -1.79. The fourth-order valence-corrected chi connectivity index (χ4v) is 7.85. The van der Waals surface area contributed by atoms with Crippen LogP contribution in [0.5, 0.6) is 0 Å². The van der Waals surface area contributed by atoms with Crippen LogP contribution in [0, 0.1) is 28.6 Å². The Labute approximate surface area is 176 Å². The predicted octanol–water partition coefficient (Wildman–Crippen LogP) is 2.53. The maximum Gasteiger partial charge on any atom is 0.303 e. The summed E-state index contributed by atoms with van der Waals surface area (Å²) < 4.78 is 11.4. The number of allylic oxidation sites excluding steroid dienone is 2. The summed E-state index contributed by atoms with van der Waals surface area (Å²) in [5, 5.41) is 11.8. The fraction of sp³-hybridized carbons (Fsp3) is 0.708. The number of ketones is 2. The van der Waals surface area contributed by atoms with E-state index < -0.39 is 29.4 Å². The molecule has 1 spiro atoms. The van der Waals surface area contributed by atoms with Crippen molar-refractivity contribution >= 4 is 17.5 Å². The summed E-state index contributed by atoms with van der Waals surface area (Å²) >= 11 is 0. The summed E-state index contributed by atoms with van der Waals surface area (Å²) in [7, 11) is 0. The van der Waals surface area contributed by atoms with Gasteiger partial charge in [-0.2, -0.15) is 0 Å². The van der Waals surface area contributed by atoms with Crippen molar-refractivity contribution in [2.75, 3.05) is 6.61 Å². The van der Waals surface area contributed by atoms with Crippen LogP contribution in [-0.2, 0) is 23.9 Å². The third-order valence-corrected chi connectivity index (χ3v) is 9.35. The second-order valence-electron chi connectivity index (χ2n) is 10.5. The van der Waals surface area contributed by atoms with Gasteiger partial charge in [0.15, 0.2) is 12.4 Å². The highest BCUT2D eigenvalue weighted by Crippen LogP contribution is 2.76. The molecular weight excluding hydrogens is 384 g/mol. The molecule has 1 aliphatic heterocycles. The van der Waals surface area contributed by atoms with E-state index >= 15 is 0 Å². The molecule has 1 N–H and O–H groups in total. The molecule has 1 saturated heterocycles. The molecule has 5 rings (SSSR count). The van der Waals surface area contributed by atoms with Gasteiger partial charge in [0.1, 0.15) is 11.2 Å². The molecule has 5 aliphatic rings. The van der Waals surface area contributed by atoms with Crippen molar-refractivity contribution in [2.45, 2.75) is 70.7 Å². The second kappa shape index (κ2) is 5.92. The molecule has 0 aromatic carbocycles. The minimum Gasteiger partial charge on any atom is -0.458 e. The number of carbonyl (C=O) groups is 3. The van der Waals surface area contributed by atoms with Gasteiger partial charge < -0.3 is 14.6 Å².